The molecule has 0 radical (unpaired) electrons. The first-order chi connectivity index (χ1) is 6.67. The van der Waals surface area contributed by atoms with Gasteiger partial charge in [0.05, 0.1) is 12.6 Å². The highest BCUT2D eigenvalue weighted by Crippen LogP contribution is 1.95. The summed E-state index contributed by atoms with van der Waals surface area (Å²) in [5.74, 6) is 0.0736. The van der Waals surface area contributed by atoms with Crippen LogP contribution in [0.3, 0.4) is 0 Å². The number of hydrogen-bond donors (Lipinski definition) is 1. The van der Waals surface area contributed by atoms with E-state index in [2.05, 4.69) is 11.9 Å². The molecule has 0 aliphatic rings. The van der Waals surface area contributed by atoms with E-state index < -0.39 is 0 Å². The van der Waals surface area contributed by atoms with Gasteiger partial charge in [0.2, 0.25) is 5.91 Å². The molecule has 0 rings (SSSR count). The minimum absolute atomic E-state index is 0.0736. The standard InChI is InChI=1S/C10H20N2O2/c1-5-6-12(7-8-14-4)10(13)9(2)11-3/h5,9,11H,1,6-8H2,2-4H3. The second kappa shape index (κ2) is 7.53. The number of amides is 1. The van der Waals surface area contributed by atoms with Crippen LogP contribution in [0.25, 0.3) is 0 Å². The van der Waals surface area contributed by atoms with E-state index in [0.29, 0.717) is 19.7 Å². The first kappa shape index (κ1) is 13.1. The fourth-order valence-electron chi connectivity index (χ4n) is 1.05. The topological polar surface area (TPSA) is 41.6 Å². The molecule has 0 aliphatic heterocycles. The van der Waals surface area contributed by atoms with Gasteiger partial charge in [-0.2, -0.15) is 0 Å². The van der Waals surface area contributed by atoms with Gasteiger partial charge in [-0.1, -0.05) is 6.08 Å². The smallest absolute Gasteiger partial charge is 0.239 e. The molecule has 0 aromatic carbocycles. The van der Waals surface area contributed by atoms with Crippen LogP contribution in [-0.2, 0) is 9.53 Å². The summed E-state index contributed by atoms with van der Waals surface area (Å²) in [5, 5.41) is 2.91. The van der Waals surface area contributed by atoms with Gasteiger partial charge >= 0.3 is 0 Å². The van der Waals surface area contributed by atoms with Gasteiger partial charge in [-0.15, -0.1) is 6.58 Å². The fourth-order valence-corrected chi connectivity index (χ4v) is 1.05. The molecule has 4 heteroatoms. The summed E-state index contributed by atoms with van der Waals surface area (Å²) >= 11 is 0. The Kier molecular flexibility index (Phi) is 7.06. The minimum atomic E-state index is -0.160. The van der Waals surface area contributed by atoms with Crippen LogP contribution in [-0.4, -0.2) is 50.7 Å². The third kappa shape index (κ3) is 4.39. The highest BCUT2D eigenvalue weighted by atomic mass is 16.5. The molecule has 1 amide bonds. The summed E-state index contributed by atoms with van der Waals surface area (Å²) in [5.41, 5.74) is 0. The van der Waals surface area contributed by atoms with E-state index in [9.17, 15) is 4.79 Å². The van der Waals surface area contributed by atoms with Crippen LogP contribution in [0.1, 0.15) is 6.92 Å². The van der Waals surface area contributed by atoms with Gasteiger partial charge in [-0.3, -0.25) is 4.79 Å². The highest BCUT2D eigenvalue weighted by Gasteiger charge is 2.17. The van der Waals surface area contributed by atoms with Crippen LogP contribution in [0.4, 0.5) is 0 Å². The van der Waals surface area contributed by atoms with Crippen LogP contribution in [0.15, 0.2) is 12.7 Å². The summed E-state index contributed by atoms with van der Waals surface area (Å²) in [6.45, 7) is 7.18. The Hall–Kier alpha value is -0.870. The van der Waals surface area contributed by atoms with Gasteiger partial charge < -0.3 is 15.0 Å². The minimum Gasteiger partial charge on any atom is -0.383 e. The molecule has 0 aliphatic carbocycles. The van der Waals surface area contributed by atoms with Crippen molar-refractivity contribution in [2.45, 2.75) is 13.0 Å². The monoisotopic (exact) mass is 200 g/mol. The lowest BCUT2D eigenvalue weighted by Gasteiger charge is -2.23. The number of rotatable bonds is 7. The molecule has 0 aromatic rings. The largest absolute Gasteiger partial charge is 0.383 e. The van der Waals surface area contributed by atoms with Crippen LogP contribution in [0.5, 0.6) is 0 Å². The predicted octanol–water partition coefficient (Wildman–Crippen LogP) is 0.255. The SMILES string of the molecule is C=CCN(CCOC)C(=O)C(C)NC. The average molecular weight is 200 g/mol. The number of nitrogens with zero attached hydrogens (tertiary/aromatic N) is 1. The Morgan fingerprint density at radius 2 is 2.36 bits per heavy atom. The summed E-state index contributed by atoms with van der Waals surface area (Å²) < 4.78 is 4.93. The van der Waals surface area contributed by atoms with Crippen molar-refractivity contribution < 1.29 is 9.53 Å². The Morgan fingerprint density at radius 3 is 2.79 bits per heavy atom. The summed E-state index contributed by atoms with van der Waals surface area (Å²) in [7, 11) is 3.39. The van der Waals surface area contributed by atoms with Crippen molar-refractivity contribution in [3.8, 4) is 0 Å². The zero-order chi connectivity index (χ0) is 11.0. The lowest BCUT2D eigenvalue weighted by molar-refractivity contribution is -0.133. The van der Waals surface area contributed by atoms with E-state index >= 15 is 0 Å². The Morgan fingerprint density at radius 1 is 1.71 bits per heavy atom. The second-order valence-corrected chi connectivity index (χ2v) is 3.08. The summed E-state index contributed by atoms with van der Waals surface area (Å²) in [4.78, 5) is 13.5. The van der Waals surface area contributed by atoms with Crippen LogP contribution in [0, 0.1) is 0 Å². The Balaban J connectivity index is 4.16. The van der Waals surface area contributed by atoms with E-state index in [1.54, 1.807) is 25.1 Å². The third-order valence-corrected chi connectivity index (χ3v) is 2.03. The number of carbonyl (C=O) groups excluding carboxylic acids is 1. The maximum atomic E-state index is 11.7. The average Bonchev–Trinajstić information content (AvgIpc) is 2.22. The van der Waals surface area contributed by atoms with E-state index in [-0.39, 0.29) is 11.9 Å². The first-order valence-electron chi connectivity index (χ1n) is 4.73. The lowest BCUT2D eigenvalue weighted by atomic mass is 10.3. The number of ether oxygens (including phenoxy) is 1. The van der Waals surface area contributed by atoms with E-state index in [1.165, 1.54) is 0 Å². The molecule has 0 heterocycles. The zero-order valence-electron chi connectivity index (χ0n) is 9.25. The van der Waals surface area contributed by atoms with Crippen molar-refractivity contribution in [2.75, 3.05) is 33.9 Å². The van der Waals surface area contributed by atoms with Crippen molar-refractivity contribution in [2.24, 2.45) is 0 Å². The molecule has 0 fully saturated rings. The summed E-state index contributed by atoms with van der Waals surface area (Å²) in [6.07, 6.45) is 1.72. The van der Waals surface area contributed by atoms with Gasteiger partial charge in [0.15, 0.2) is 0 Å². The molecule has 1 atom stereocenters. The number of hydrogen-bond acceptors (Lipinski definition) is 3. The number of likely N-dealkylation sites (N-methyl/N-ethyl adjacent to an activating group) is 1. The van der Waals surface area contributed by atoms with Crippen molar-refractivity contribution in [3.63, 3.8) is 0 Å². The van der Waals surface area contributed by atoms with E-state index in [0.717, 1.165) is 0 Å². The quantitative estimate of drug-likeness (QED) is 0.599. The van der Waals surface area contributed by atoms with Crippen molar-refractivity contribution in [1.29, 1.82) is 0 Å². The van der Waals surface area contributed by atoms with Gasteiger partial charge in [0.1, 0.15) is 0 Å². The molecule has 0 aromatic heterocycles. The van der Waals surface area contributed by atoms with Crippen molar-refractivity contribution >= 4 is 5.91 Å². The van der Waals surface area contributed by atoms with Crippen LogP contribution in [0.2, 0.25) is 0 Å². The van der Waals surface area contributed by atoms with Crippen molar-refractivity contribution in [1.82, 2.24) is 10.2 Å². The Labute approximate surface area is 85.9 Å². The predicted molar refractivity (Wildman–Crippen MR) is 57.2 cm³/mol. The molecular weight excluding hydrogens is 180 g/mol. The van der Waals surface area contributed by atoms with Gasteiger partial charge in [0, 0.05) is 20.2 Å². The molecular formula is C10H20N2O2. The molecule has 4 nitrogen and oxygen atoms in total. The summed E-state index contributed by atoms with van der Waals surface area (Å²) in [6, 6.07) is -0.160. The number of methoxy groups -OCH3 is 1. The number of nitrogens with one attached hydrogen (secondary N) is 1. The maximum Gasteiger partial charge on any atom is 0.239 e. The molecule has 0 spiro atoms. The van der Waals surface area contributed by atoms with Crippen LogP contribution >= 0.6 is 0 Å². The van der Waals surface area contributed by atoms with Gasteiger partial charge in [-0.25, -0.2) is 0 Å². The van der Waals surface area contributed by atoms with Crippen molar-refractivity contribution in [3.05, 3.63) is 12.7 Å². The fraction of sp³-hybridized carbons (Fsp3) is 0.700. The van der Waals surface area contributed by atoms with Gasteiger partial charge in [-0.05, 0) is 14.0 Å². The Bertz CT molecular complexity index is 183. The van der Waals surface area contributed by atoms with Gasteiger partial charge in [0.25, 0.3) is 0 Å². The lowest BCUT2D eigenvalue weighted by Crippen LogP contribution is -2.44. The molecule has 1 N–H and O–H groups in total. The molecule has 14 heavy (non-hydrogen) atoms. The van der Waals surface area contributed by atoms with Crippen LogP contribution < -0.4 is 5.32 Å². The molecule has 1 unspecified atom stereocenters. The molecule has 0 saturated heterocycles. The molecule has 82 valence electrons. The van der Waals surface area contributed by atoms with E-state index in [4.69, 9.17) is 4.74 Å². The molecule has 0 saturated carbocycles. The first-order valence-corrected chi connectivity index (χ1v) is 4.73. The third-order valence-electron chi connectivity index (χ3n) is 2.03. The highest BCUT2D eigenvalue weighted by molar-refractivity contribution is 5.81. The maximum absolute atomic E-state index is 11.7. The normalized spacial score (nSPS) is 12.2. The second-order valence-electron chi connectivity index (χ2n) is 3.08. The zero-order valence-corrected chi connectivity index (χ0v) is 9.25. The number of carbonyl (C=O) groups is 1. The van der Waals surface area contributed by atoms with E-state index in [1.807, 2.05) is 6.92 Å². The molecule has 0 bridgehead atoms.